The van der Waals surface area contributed by atoms with Crippen molar-refractivity contribution in [2.75, 3.05) is 18.9 Å². The Morgan fingerprint density at radius 2 is 2.07 bits per heavy atom. The summed E-state index contributed by atoms with van der Waals surface area (Å²) in [5.41, 5.74) is 8.52. The van der Waals surface area contributed by atoms with Gasteiger partial charge in [-0.2, -0.15) is 5.26 Å². The number of hydrogen-bond acceptors (Lipinski definition) is 5. The maximum Gasteiger partial charge on any atom is 0.252 e. The van der Waals surface area contributed by atoms with Crippen LogP contribution < -0.4 is 11.1 Å². The number of nitriles is 1. The van der Waals surface area contributed by atoms with Gasteiger partial charge in [-0.3, -0.25) is 14.6 Å². The van der Waals surface area contributed by atoms with E-state index in [1.807, 2.05) is 6.08 Å². The van der Waals surface area contributed by atoms with Gasteiger partial charge in [0.15, 0.2) is 0 Å². The molecule has 4 fully saturated rings. The Labute approximate surface area is 176 Å². The van der Waals surface area contributed by atoms with E-state index >= 15 is 0 Å². The first-order valence-electron chi connectivity index (χ1n) is 10.8. The Balaban J connectivity index is 1.44. The van der Waals surface area contributed by atoms with Crippen LogP contribution in [0.15, 0.2) is 12.3 Å². The molecular weight excluding hydrogens is 378 g/mol. The maximum atomic E-state index is 13.2. The van der Waals surface area contributed by atoms with E-state index in [0.717, 1.165) is 55.5 Å². The molecule has 7 heteroatoms. The van der Waals surface area contributed by atoms with E-state index in [1.165, 1.54) is 0 Å². The third-order valence-corrected chi connectivity index (χ3v) is 7.75. The van der Waals surface area contributed by atoms with Gasteiger partial charge in [0.05, 0.1) is 28.4 Å². The third kappa shape index (κ3) is 2.81. The predicted octanol–water partition coefficient (Wildman–Crippen LogP) is 2.34. The van der Waals surface area contributed by atoms with E-state index in [-0.39, 0.29) is 23.9 Å². The zero-order chi connectivity index (χ0) is 21.0. The van der Waals surface area contributed by atoms with Crippen molar-refractivity contribution in [2.45, 2.75) is 44.6 Å². The number of nitrogens with one attached hydrogen (secondary N) is 1. The van der Waals surface area contributed by atoms with Gasteiger partial charge < -0.3 is 16.0 Å². The summed E-state index contributed by atoms with van der Waals surface area (Å²) < 4.78 is 0. The maximum absolute atomic E-state index is 13.2. The molecule has 3 N–H and O–H groups in total. The number of carbonyl (C=O) groups is 2. The van der Waals surface area contributed by atoms with E-state index in [2.05, 4.69) is 22.4 Å². The fourth-order valence-corrected chi connectivity index (χ4v) is 6.81. The molecule has 156 valence electrons. The minimum Gasteiger partial charge on any atom is -0.381 e. The topological polar surface area (TPSA) is 112 Å². The van der Waals surface area contributed by atoms with Crippen molar-refractivity contribution < 1.29 is 9.59 Å². The van der Waals surface area contributed by atoms with Gasteiger partial charge in [0, 0.05) is 31.3 Å². The lowest BCUT2D eigenvalue weighted by atomic mass is 9.47. The fraction of sp³-hybridized carbons (Fsp3) is 0.565. The molecule has 2 unspecified atom stereocenters. The van der Waals surface area contributed by atoms with E-state index in [9.17, 15) is 9.59 Å². The first-order valence-corrected chi connectivity index (χ1v) is 10.8. The molecule has 30 heavy (non-hydrogen) atoms. The Morgan fingerprint density at radius 3 is 2.73 bits per heavy atom. The van der Waals surface area contributed by atoms with Crippen molar-refractivity contribution in [1.29, 1.82) is 5.26 Å². The van der Waals surface area contributed by atoms with Crippen LogP contribution in [0.4, 0.5) is 5.69 Å². The van der Waals surface area contributed by atoms with Crippen LogP contribution in [0, 0.1) is 34.5 Å². The molecule has 4 saturated carbocycles. The van der Waals surface area contributed by atoms with Crippen molar-refractivity contribution >= 4 is 23.6 Å². The first kappa shape index (κ1) is 19.1. The smallest absolute Gasteiger partial charge is 0.252 e. The summed E-state index contributed by atoms with van der Waals surface area (Å²) in [4.78, 5) is 31.3. The largest absolute Gasteiger partial charge is 0.381 e. The normalized spacial score (nSPS) is 32.5. The SMILES string of the molecule is CN(CC#N)C(=O)C12CC3CC(C1)C(Nc1c(C(N)=O)cnc4c1C=CC4)C(C3)C2. The van der Waals surface area contributed by atoms with E-state index in [0.29, 0.717) is 23.3 Å². The molecule has 2 amide bonds. The lowest BCUT2D eigenvalue weighted by molar-refractivity contribution is -0.156. The molecule has 0 aliphatic heterocycles. The third-order valence-electron chi connectivity index (χ3n) is 7.75. The van der Waals surface area contributed by atoms with Gasteiger partial charge in [0.1, 0.15) is 6.54 Å². The molecule has 2 atom stereocenters. The second kappa shape index (κ2) is 6.83. The van der Waals surface area contributed by atoms with Gasteiger partial charge in [-0.1, -0.05) is 12.2 Å². The number of fused-ring (bicyclic) bond motifs is 1. The van der Waals surface area contributed by atoms with Gasteiger partial charge in [0.25, 0.3) is 5.91 Å². The number of aromatic nitrogens is 1. The summed E-state index contributed by atoms with van der Waals surface area (Å²) in [5, 5.41) is 12.7. The van der Waals surface area contributed by atoms with Gasteiger partial charge in [-0.15, -0.1) is 0 Å². The van der Waals surface area contributed by atoms with Crippen LogP contribution in [-0.2, 0) is 11.2 Å². The average Bonchev–Trinajstić information content (AvgIpc) is 3.18. The Morgan fingerprint density at radius 1 is 1.33 bits per heavy atom. The Hall–Kier alpha value is -2.88. The number of carbonyl (C=O) groups excluding carboxylic acids is 2. The van der Waals surface area contributed by atoms with Crippen molar-refractivity contribution in [2.24, 2.45) is 28.9 Å². The van der Waals surface area contributed by atoms with Crippen molar-refractivity contribution in [3.05, 3.63) is 29.1 Å². The Bertz CT molecular complexity index is 978. The zero-order valence-corrected chi connectivity index (χ0v) is 17.2. The molecule has 1 aromatic rings. The number of nitrogens with two attached hydrogens (primary N) is 1. The van der Waals surface area contributed by atoms with Crippen LogP contribution in [-0.4, -0.2) is 41.3 Å². The van der Waals surface area contributed by atoms with E-state index in [1.54, 1.807) is 18.1 Å². The summed E-state index contributed by atoms with van der Waals surface area (Å²) >= 11 is 0. The second-order valence-corrected chi connectivity index (χ2v) is 9.62. The number of allylic oxidation sites excluding steroid dienone is 1. The van der Waals surface area contributed by atoms with Gasteiger partial charge in [-0.25, -0.2) is 0 Å². The van der Waals surface area contributed by atoms with Crippen LogP contribution in [0.3, 0.4) is 0 Å². The number of rotatable bonds is 5. The van der Waals surface area contributed by atoms with Crippen LogP contribution in [0.25, 0.3) is 6.08 Å². The van der Waals surface area contributed by atoms with Crippen molar-refractivity contribution in [1.82, 2.24) is 9.88 Å². The van der Waals surface area contributed by atoms with Gasteiger partial charge >= 0.3 is 0 Å². The molecule has 6 rings (SSSR count). The number of nitrogens with zero attached hydrogens (tertiary/aromatic N) is 3. The Kier molecular flexibility index (Phi) is 4.35. The molecule has 0 aromatic carbocycles. The van der Waals surface area contributed by atoms with Crippen molar-refractivity contribution in [3.8, 4) is 6.07 Å². The van der Waals surface area contributed by atoms with Crippen LogP contribution >= 0.6 is 0 Å². The highest BCUT2D eigenvalue weighted by Crippen LogP contribution is 2.61. The number of primary amides is 1. The molecule has 0 spiro atoms. The van der Waals surface area contributed by atoms with Crippen LogP contribution in [0.5, 0.6) is 0 Å². The average molecular weight is 406 g/mol. The molecular formula is C23H27N5O2. The fourth-order valence-electron chi connectivity index (χ4n) is 6.81. The molecule has 1 heterocycles. The van der Waals surface area contributed by atoms with E-state index < -0.39 is 5.91 Å². The highest BCUT2D eigenvalue weighted by molar-refractivity contribution is 6.00. The highest BCUT2D eigenvalue weighted by atomic mass is 16.2. The number of amides is 2. The second-order valence-electron chi connectivity index (χ2n) is 9.62. The summed E-state index contributed by atoms with van der Waals surface area (Å²) in [6.07, 6.45) is 11.3. The lowest BCUT2D eigenvalue weighted by Gasteiger charge is -2.60. The summed E-state index contributed by atoms with van der Waals surface area (Å²) in [7, 11) is 1.74. The highest BCUT2D eigenvalue weighted by Gasteiger charge is 2.59. The van der Waals surface area contributed by atoms with Gasteiger partial charge in [-0.05, 0) is 49.9 Å². The van der Waals surface area contributed by atoms with E-state index in [4.69, 9.17) is 11.0 Å². The monoisotopic (exact) mass is 405 g/mol. The molecule has 4 bridgehead atoms. The predicted molar refractivity (Wildman–Crippen MR) is 112 cm³/mol. The molecule has 0 radical (unpaired) electrons. The summed E-state index contributed by atoms with van der Waals surface area (Å²) in [5.74, 6) is 0.990. The molecule has 7 nitrogen and oxygen atoms in total. The van der Waals surface area contributed by atoms with Gasteiger partial charge in [0.2, 0.25) is 5.91 Å². The minimum absolute atomic E-state index is 0.132. The number of hydrogen-bond donors (Lipinski definition) is 2. The number of pyridine rings is 1. The molecule has 5 aliphatic carbocycles. The minimum atomic E-state index is -0.471. The number of anilines is 1. The first-order chi connectivity index (χ1) is 14.4. The molecule has 0 saturated heterocycles. The van der Waals surface area contributed by atoms with Crippen molar-refractivity contribution in [3.63, 3.8) is 0 Å². The molecule has 5 aliphatic rings. The van der Waals surface area contributed by atoms with Crippen LogP contribution in [0.1, 0.15) is 53.7 Å². The quantitative estimate of drug-likeness (QED) is 0.730. The summed E-state index contributed by atoms with van der Waals surface area (Å²) in [6, 6.07) is 2.32. The molecule has 1 aromatic heterocycles. The standard InChI is InChI=1S/C23H27N5O2/c1-28(6-5-24)22(30)23-9-13-7-14(10-23)19(15(8-13)11-23)27-20-16-3-2-4-18(16)26-12-17(20)21(25)29/h2-3,12-15,19H,4,6-11H2,1H3,(H2,25,29)(H,26,27). The zero-order valence-electron chi connectivity index (χ0n) is 17.2. The van der Waals surface area contributed by atoms with Crippen LogP contribution in [0.2, 0.25) is 0 Å². The lowest BCUT2D eigenvalue weighted by Crippen LogP contribution is -2.60. The summed E-state index contributed by atoms with van der Waals surface area (Å²) in [6.45, 7) is 0.139.